The second-order valence-corrected chi connectivity index (χ2v) is 8.92. The van der Waals surface area contributed by atoms with Gasteiger partial charge >= 0.3 is 0 Å². The van der Waals surface area contributed by atoms with Gasteiger partial charge in [0.2, 0.25) is 17.0 Å². The average Bonchev–Trinajstić information content (AvgIpc) is 2.81. The minimum absolute atomic E-state index is 0.396. The van der Waals surface area contributed by atoms with Crippen LogP contribution >= 0.6 is 12.2 Å². The van der Waals surface area contributed by atoms with Crippen molar-refractivity contribution in [2.45, 2.75) is 27.3 Å². The molecule has 0 radical (unpaired) electrons. The summed E-state index contributed by atoms with van der Waals surface area (Å²) in [5.74, 6) is 1.19. The van der Waals surface area contributed by atoms with Crippen LogP contribution in [0.25, 0.3) is 0 Å². The van der Waals surface area contributed by atoms with Crippen molar-refractivity contribution in [3.05, 3.63) is 83.2 Å². The number of hydrogen-bond acceptors (Lipinski definition) is 4. The quantitative estimate of drug-likeness (QED) is 0.331. The molecule has 0 aliphatic carbocycles. The van der Waals surface area contributed by atoms with Crippen LogP contribution in [0.5, 0.6) is 0 Å². The first-order valence-corrected chi connectivity index (χ1v) is 11.9. The summed E-state index contributed by atoms with van der Waals surface area (Å²) in [4.78, 5) is 18.5. The summed E-state index contributed by atoms with van der Waals surface area (Å²) >= 11 is 5.60. The number of nitrogens with zero attached hydrogens (tertiary/aromatic N) is 5. The highest BCUT2D eigenvalue weighted by Crippen LogP contribution is 2.15. The number of hydrogen-bond donors (Lipinski definition) is 2. The van der Waals surface area contributed by atoms with Crippen molar-refractivity contribution in [2.24, 2.45) is 4.99 Å². The van der Waals surface area contributed by atoms with Crippen LogP contribution in [0.2, 0.25) is 0 Å². The molecule has 0 spiro atoms. The Hall–Kier alpha value is -3.36. The molecule has 1 fully saturated rings. The molecule has 0 unspecified atom stereocenters. The van der Waals surface area contributed by atoms with E-state index in [0.717, 1.165) is 55.4 Å². The normalized spacial score (nSPS) is 14.7. The van der Waals surface area contributed by atoms with E-state index in [2.05, 4.69) is 60.7 Å². The Bertz CT molecular complexity index is 1130. The Balaban J connectivity index is 1.49. The molecule has 3 aromatic rings. The molecule has 2 N–H and O–H groups in total. The summed E-state index contributed by atoms with van der Waals surface area (Å²) < 4.78 is 0. The molecule has 0 bridgehead atoms. The van der Waals surface area contributed by atoms with Crippen LogP contribution in [0.4, 0.5) is 11.6 Å². The topological polar surface area (TPSA) is 68.7 Å². The number of rotatable bonds is 4. The third-order valence-corrected chi connectivity index (χ3v) is 5.91. The Morgan fingerprint density at radius 1 is 0.882 bits per heavy atom. The number of benzene rings is 2. The number of aryl methyl sites for hydroxylation is 3. The molecule has 1 aliphatic rings. The third kappa shape index (κ3) is 6.59. The van der Waals surface area contributed by atoms with Gasteiger partial charge in [0, 0.05) is 49.8 Å². The van der Waals surface area contributed by atoms with Crippen LogP contribution in [0.15, 0.2) is 65.7 Å². The first-order valence-electron chi connectivity index (χ1n) is 11.5. The molecule has 2 heterocycles. The zero-order valence-electron chi connectivity index (χ0n) is 20.0. The fourth-order valence-corrected chi connectivity index (χ4v) is 4.17. The number of aliphatic imine (C=N–C) groups is 1. The second-order valence-electron chi connectivity index (χ2n) is 8.53. The van der Waals surface area contributed by atoms with Gasteiger partial charge in [-0.15, -0.1) is 0 Å². The van der Waals surface area contributed by atoms with E-state index in [1.54, 1.807) is 0 Å². The van der Waals surface area contributed by atoms with E-state index < -0.39 is 0 Å². The van der Waals surface area contributed by atoms with Gasteiger partial charge in [-0.3, -0.25) is 10.2 Å². The van der Waals surface area contributed by atoms with E-state index in [1.165, 1.54) is 5.56 Å². The summed E-state index contributed by atoms with van der Waals surface area (Å²) in [6, 6.07) is 20.6. The zero-order valence-corrected chi connectivity index (χ0v) is 20.8. The lowest BCUT2D eigenvalue weighted by Crippen LogP contribution is -2.50. The van der Waals surface area contributed by atoms with Crippen molar-refractivity contribution in [3.8, 4) is 0 Å². The van der Waals surface area contributed by atoms with Gasteiger partial charge in [-0.05, 0) is 56.2 Å². The van der Waals surface area contributed by atoms with E-state index in [9.17, 15) is 0 Å². The minimum atomic E-state index is 0.396. The monoisotopic (exact) mass is 473 g/mol. The lowest BCUT2D eigenvalue weighted by atomic mass is 10.2. The van der Waals surface area contributed by atoms with Crippen LogP contribution in [-0.4, -0.2) is 57.0 Å². The van der Waals surface area contributed by atoms with Crippen molar-refractivity contribution in [3.63, 3.8) is 0 Å². The Labute approximate surface area is 207 Å². The standard InChI is InChI=1S/C26H31N7S/c1-19-9-7-8-12-23(19)29-26(34)31-25(30-24-27-20(2)17-21(3)28-24)33-15-13-32(14-16-33)18-22-10-5-4-6-11-22/h4-12,17H,13-16,18H2,1-3H3,(H2,27,28,29,30,31,34). The molecule has 34 heavy (non-hydrogen) atoms. The van der Waals surface area contributed by atoms with E-state index in [-0.39, 0.29) is 0 Å². The summed E-state index contributed by atoms with van der Waals surface area (Å²) in [6.07, 6.45) is 0. The van der Waals surface area contributed by atoms with Crippen LogP contribution in [0, 0.1) is 20.8 Å². The summed E-state index contributed by atoms with van der Waals surface area (Å²) in [5.41, 5.74) is 5.20. The molecule has 0 saturated carbocycles. The molecule has 176 valence electrons. The third-order valence-electron chi connectivity index (χ3n) is 5.72. The van der Waals surface area contributed by atoms with Crippen molar-refractivity contribution >= 4 is 34.9 Å². The molecular weight excluding hydrogens is 442 g/mol. The molecule has 4 rings (SSSR count). The fourth-order valence-electron chi connectivity index (χ4n) is 3.97. The summed E-state index contributed by atoms with van der Waals surface area (Å²) in [7, 11) is 0. The molecule has 1 saturated heterocycles. The van der Waals surface area contributed by atoms with Crippen molar-refractivity contribution in [1.82, 2.24) is 19.8 Å². The second kappa shape index (κ2) is 11.2. The average molecular weight is 474 g/mol. The maximum absolute atomic E-state index is 5.60. The van der Waals surface area contributed by atoms with Gasteiger partial charge in [0.05, 0.1) is 0 Å². The number of thiocarbonyl (C=S) groups is 1. The first-order chi connectivity index (χ1) is 16.5. The molecule has 2 aromatic carbocycles. The molecule has 7 nitrogen and oxygen atoms in total. The number of para-hydroxylation sites is 1. The van der Waals surface area contributed by atoms with Gasteiger partial charge in [-0.25, -0.2) is 9.97 Å². The van der Waals surface area contributed by atoms with E-state index in [0.29, 0.717) is 17.0 Å². The molecule has 0 amide bonds. The van der Waals surface area contributed by atoms with Crippen LogP contribution in [0.1, 0.15) is 22.5 Å². The lowest BCUT2D eigenvalue weighted by molar-refractivity contribution is 0.175. The summed E-state index contributed by atoms with van der Waals surface area (Å²) in [6.45, 7) is 10.4. The van der Waals surface area contributed by atoms with Gasteiger partial charge in [0.25, 0.3) is 0 Å². The minimum Gasteiger partial charge on any atom is -0.340 e. The predicted octanol–water partition coefficient (Wildman–Crippen LogP) is 4.38. The highest BCUT2D eigenvalue weighted by molar-refractivity contribution is 7.80. The van der Waals surface area contributed by atoms with Gasteiger partial charge in [0.1, 0.15) is 0 Å². The van der Waals surface area contributed by atoms with Crippen molar-refractivity contribution < 1.29 is 0 Å². The van der Waals surface area contributed by atoms with Crippen molar-refractivity contribution in [2.75, 3.05) is 36.8 Å². The maximum Gasteiger partial charge on any atom is 0.229 e. The Morgan fingerprint density at radius 2 is 1.53 bits per heavy atom. The highest BCUT2D eigenvalue weighted by atomic mass is 32.1. The van der Waals surface area contributed by atoms with Gasteiger partial charge in [0.15, 0.2) is 0 Å². The first kappa shape index (κ1) is 23.8. The van der Waals surface area contributed by atoms with E-state index in [1.807, 2.05) is 51.1 Å². The SMILES string of the molecule is Cc1cc(C)nc(N/C(=N/C(=S)Nc2ccccc2C)N2CCN(Cc3ccccc3)CC2)n1. The van der Waals surface area contributed by atoms with Crippen LogP contribution in [0.3, 0.4) is 0 Å². The molecule has 1 aromatic heterocycles. The van der Waals surface area contributed by atoms with Gasteiger partial charge in [-0.1, -0.05) is 48.5 Å². The molecule has 0 atom stereocenters. The van der Waals surface area contributed by atoms with Crippen LogP contribution < -0.4 is 10.6 Å². The Kier molecular flexibility index (Phi) is 7.82. The highest BCUT2D eigenvalue weighted by Gasteiger charge is 2.21. The predicted molar refractivity (Wildman–Crippen MR) is 143 cm³/mol. The largest absolute Gasteiger partial charge is 0.340 e. The van der Waals surface area contributed by atoms with Gasteiger partial charge in [-0.2, -0.15) is 4.99 Å². The number of aromatic nitrogens is 2. The lowest BCUT2D eigenvalue weighted by Gasteiger charge is -2.36. The van der Waals surface area contributed by atoms with Crippen molar-refractivity contribution in [1.29, 1.82) is 0 Å². The fraction of sp³-hybridized carbons (Fsp3) is 0.308. The molecule has 1 aliphatic heterocycles. The molecule has 8 heteroatoms. The number of nitrogens with one attached hydrogen (secondary N) is 2. The van der Waals surface area contributed by atoms with E-state index >= 15 is 0 Å². The maximum atomic E-state index is 5.60. The van der Waals surface area contributed by atoms with Crippen LogP contribution in [-0.2, 0) is 6.54 Å². The summed E-state index contributed by atoms with van der Waals surface area (Å²) in [5, 5.41) is 6.99. The molecular formula is C26H31N7S. The number of piperazine rings is 1. The Morgan fingerprint density at radius 3 is 2.21 bits per heavy atom. The van der Waals surface area contributed by atoms with E-state index in [4.69, 9.17) is 17.2 Å². The zero-order chi connectivity index (χ0) is 23.9. The number of anilines is 2. The van der Waals surface area contributed by atoms with Gasteiger partial charge < -0.3 is 10.2 Å². The smallest absolute Gasteiger partial charge is 0.229 e. The number of guanidine groups is 1.